The molecule has 5 heteroatoms. The molecule has 0 aromatic heterocycles. The van der Waals surface area contributed by atoms with Gasteiger partial charge in [0.05, 0.1) is 0 Å². The molecular weight excluding hydrogens is 296 g/mol. The maximum atomic E-state index is 12.7. The minimum atomic E-state index is -2.06. The Morgan fingerprint density at radius 2 is 1.91 bits per heavy atom. The zero-order chi connectivity index (χ0) is 16.8. The van der Waals surface area contributed by atoms with Gasteiger partial charge in [-0.1, -0.05) is 32.9 Å². The molecule has 0 saturated carbocycles. The highest BCUT2D eigenvalue weighted by Crippen LogP contribution is 2.40. The van der Waals surface area contributed by atoms with Crippen molar-refractivity contribution in [3.63, 3.8) is 0 Å². The van der Waals surface area contributed by atoms with E-state index in [2.05, 4.69) is 33.9 Å². The first-order chi connectivity index (χ1) is 9.93. The normalized spacial score (nSPS) is 34.0. The first-order valence-corrected chi connectivity index (χ1v) is 11.1. The number of fused-ring (bicyclic) bond motifs is 1. The molecule has 0 amide bonds. The van der Waals surface area contributed by atoms with Crippen molar-refractivity contribution in [2.75, 3.05) is 0 Å². The Bertz CT molecular complexity index is 462. The third-order valence-corrected chi connectivity index (χ3v) is 9.35. The Hall–Kier alpha value is -0.493. The molecule has 0 bridgehead atoms. The van der Waals surface area contributed by atoms with E-state index in [0.717, 1.165) is 6.42 Å². The van der Waals surface area contributed by atoms with Gasteiger partial charge in [-0.05, 0) is 38.4 Å². The molecule has 2 aliphatic rings. The largest absolute Gasteiger partial charge is 0.404 e. The van der Waals surface area contributed by atoms with Crippen molar-refractivity contribution in [1.29, 1.82) is 0 Å². The van der Waals surface area contributed by atoms with Crippen LogP contribution in [0.4, 0.5) is 0 Å². The molecule has 0 N–H and O–H groups in total. The minimum Gasteiger partial charge on any atom is -0.404 e. The summed E-state index contributed by atoms with van der Waals surface area (Å²) in [4.78, 5) is 12.7. The number of carbonyl (C=O) groups is 1. The zero-order valence-corrected chi connectivity index (χ0v) is 15.9. The van der Waals surface area contributed by atoms with Crippen LogP contribution in [0.5, 0.6) is 0 Å². The molecule has 4 nitrogen and oxygen atoms in total. The van der Waals surface area contributed by atoms with Crippen LogP contribution in [-0.4, -0.2) is 38.2 Å². The Morgan fingerprint density at radius 1 is 1.27 bits per heavy atom. The van der Waals surface area contributed by atoms with Crippen molar-refractivity contribution in [2.24, 2.45) is 0 Å². The van der Waals surface area contributed by atoms with Crippen LogP contribution in [0.2, 0.25) is 18.1 Å². The van der Waals surface area contributed by atoms with Gasteiger partial charge in [0.15, 0.2) is 19.9 Å². The van der Waals surface area contributed by atoms with Gasteiger partial charge < -0.3 is 13.9 Å². The summed E-state index contributed by atoms with van der Waals surface area (Å²) in [6.07, 6.45) is 4.18. The number of rotatable bonds is 2. The van der Waals surface area contributed by atoms with Gasteiger partial charge in [-0.3, -0.25) is 4.79 Å². The van der Waals surface area contributed by atoms with Crippen LogP contribution in [-0.2, 0) is 18.7 Å². The van der Waals surface area contributed by atoms with E-state index in [-0.39, 0.29) is 23.0 Å². The van der Waals surface area contributed by atoms with Crippen LogP contribution in [0.3, 0.4) is 0 Å². The fourth-order valence-corrected chi connectivity index (χ4v) is 3.86. The van der Waals surface area contributed by atoms with Crippen molar-refractivity contribution in [3.05, 3.63) is 12.2 Å². The number of Topliss-reactive ketones (excluding diaryl/α,β-unsaturated/α-hetero) is 1. The lowest BCUT2D eigenvalue weighted by atomic mass is 9.98. The van der Waals surface area contributed by atoms with Crippen molar-refractivity contribution >= 4 is 14.1 Å². The third-order valence-electron chi connectivity index (χ3n) is 4.89. The standard InChI is InChI=1S/C17H30O4Si/c1-16(2,3)22(6,7)21-14-12(18)10-8-9-11-13-15(14)20-17(4,5)19-13/h9,11,13-15H,8,10H2,1-7H3/b11-9-/t13-,14-,15-/m0/s1. The lowest BCUT2D eigenvalue weighted by molar-refractivity contribution is -0.157. The highest BCUT2D eigenvalue weighted by Gasteiger charge is 2.50. The van der Waals surface area contributed by atoms with Crippen molar-refractivity contribution in [3.8, 4) is 0 Å². The molecule has 0 aromatic rings. The average Bonchev–Trinajstić information content (AvgIpc) is 2.63. The maximum Gasteiger partial charge on any atom is 0.193 e. The Labute approximate surface area is 135 Å². The summed E-state index contributed by atoms with van der Waals surface area (Å²) in [5.41, 5.74) is 0. The molecule has 1 saturated heterocycles. The topological polar surface area (TPSA) is 44.8 Å². The number of ketones is 1. The maximum absolute atomic E-state index is 12.7. The van der Waals surface area contributed by atoms with Crippen LogP contribution in [0.15, 0.2) is 12.2 Å². The zero-order valence-electron chi connectivity index (χ0n) is 14.9. The van der Waals surface area contributed by atoms with Crippen molar-refractivity contribution in [2.45, 2.75) is 89.7 Å². The molecule has 3 atom stereocenters. The lowest BCUT2D eigenvalue weighted by Crippen LogP contribution is -2.52. The summed E-state index contributed by atoms with van der Waals surface area (Å²) in [5, 5.41) is 0.0515. The van der Waals surface area contributed by atoms with E-state index < -0.39 is 20.2 Å². The summed E-state index contributed by atoms with van der Waals surface area (Å²) >= 11 is 0. The van der Waals surface area contributed by atoms with Gasteiger partial charge in [0.25, 0.3) is 0 Å². The molecule has 1 heterocycles. The van der Waals surface area contributed by atoms with Gasteiger partial charge >= 0.3 is 0 Å². The first kappa shape index (κ1) is 17.9. The van der Waals surface area contributed by atoms with Crippen LogP contribution in [0, 0.1) is 0 Å². The second-order valence-electron chi connectivity index (χ2n) is 8.30. The quantitative estimate of drug-likeness (QED) is 0.572. The fourth-order valence-electron chi connectivity index (χ4n) is 2.61. The Kier molecular flexibility index (Phi) is 4.75. The molecule has 126 valence electrons. The molecular formula is C17H30O4Si. The second-order valence-corrected chi connectivity index (χ2v) is 13.1. The van der Waals surface area contributed by atoms with Gasteiger partial charge in [-0.15, -0.1) is 0 Å². The minimum absolute atomic E-state index is 0.0515. The summed E-state index contributed by atoms with van der Waals surface area (Å²) in [5.74, 6) is -0.551. The summed E-state index contributed by atoms with van der Waals surface area (Å²) < 4.78 is 18.4. The number of ether oxygens (including phenoxy) is 2. The van der Waals surface area contributed by atoms with Gasteiger partial charge in [-0.25, -0.2) is 0 Å². The molecule has 0 radical (unpaired) electrons. The molecule has 1 fully saturated rings. The predicted molar refractivity (Wildman–Crippen MR) is 89.3 cm³/mol. The summed E-state index contributed by atoms with van der Waals surface area (Å²) in [6.45, 7) is 14.7. The van der Waals surface area contributed by atoms with Gasteiger partial charge in [0, 0.05) is 6.42 Å². The lowest BCUT2D eigenvalue weighted by Gasteiger charge is -2.40. The van der Waals surface area contributed by atoms with Crippen LogP contribution in [0.25, 0.3) is 0 Å². The predicted octanol–water partition coefficient (Wildman–Crippen LogP) is 3.82. The van der Waals surface area contributed by atoms with E-state index >= 15 is 0 Å². The van der Waals surface area contributed by atoms with E-state index in [0.29, 0.717) is 6.42 Å². The highest BCUT2D eigenvalue weighted by atomic mass is 28.4. The van der Waals surface area contributed by atoms with Gasteiger partial charge in [0.2, 0.25) is 0 Å². The monoisotopic (exact) mass is 326 g/mol. The molecule has 22 heavy (non-hydrogen) atoms. The average molecular weight is 327 g/mol. The van der Waals surface area contributed by atoms with E-state index in [1.54, 1.807) is 0 Å². The van der Waals surface area contributed by atoms with Crippen LogP contribution >= 0.6 is 0 Å². The van der Waals surface area contributed by atoms with Crippen LogP contribution < -0.4 is 0 Å². The fraction of sp³-hybridized carbons (Fsp3) is 0.824. The Balaban J connectivity index is 2.29. The second kappa shape index (κ2) is 5.85. The molecule has 2 rings (SSSR count). The molecule has 0 unspecified atom stereocenters. The number of carbonyl (C=O) groups excluding carboxylic acids is 1. The summed E-state index contributed by atoms with van der Waals surface area (Å²) in [6, 6.07) is 0. The number of hydrogen-bond acceptors (Lipinski definition) is 4. The van der Waals surface area contributed by atoms with Crippen molar-refractivity contribution in [1.82, 2.24) is 0 Å². The molecule has 1 aliphatic carbocycles. The molecule has 0 spiro atoms. The van der Waals surface area contributed by atoms with E-state index in [1.807, 2.05) is 26.0 Å². The highest BCUT2D eigenvalue weighted by molar-refractivity contribution is 6.74. The van der Waals surface area contributed by atoms with Crippen molar-refractivity contribution < 1.29 is 18.7 Å². The van der Waals surface area contributed by atoms with Gasteiger partial charge in [-0.2, -0.15) is 0 Å². The molecule has 0 aromatic carbocycles. The first-order valence-electron chi connectivity index (χ1n) is 8.16. The Morgan fingerprint density at radius 3 is 2.50 bits per heavy atom. The smallest absolute Gasteiger partial charge is 0.193 e. The summed E-state index contributed by atoms with van der Waals surface area (Å²) in [7, 11) is -2.06. The molecule has 1 aliphatic heterocycles. The number of hydrogen-bond donors (Lipinski definition) is 0. The third kappa shape index (κ3) is 3.70. The van der Waals surface area contributed by atoms with E-state index in [1.165, 1.54) is 0 Å². The van der Waals surface area contributed by atoms with Crippen LogP contribution in [0.1, 0.15) is 47.5 Å². The number of allylic oxidation sites excluding steroid dienone is 1. The SMILES string of the molecule is CC1(C)O[C@H]2[C@H](/C=C\CCC(=O)[C@@H]2O[Si](C)(C)C(C)(C)C)O1. The van der Waals surface area contributed by atoms with E-state index in [9.17, 15) is 4.79 Å². The van der Waals surface area contributed by atoms with E-state index in [4.69, 9.17) is 13.9 Å². The van der Waals surface area contributed by atoms with Gasteiger partial charge in [0.1, 0.15) is 18.3 Å².